The molecule has 1 aliphatic heterocycles. The smallest absolute Gasteiger partial charge is 0.0151 e. The molecule has 0 spiro atoms. The van der Waals surface area contributed by atoms with E-state index in [-0.39, 0.29) is 0 Å². The van der Waals surface area contributed by atoms with Crippen LogP contribution in [0.15, 0.2) is 89.2 Å². The van der Waals surface area contributed by atoms with Gasteiger partial charge in [-0.05, 0) is 81.8 Å². The van der Waals surface area contributed by atoms with Gasteiger partial charge in [0, 0.05) is 4.90 Å². The summed E-state index contributed by atoms with van der Waals surface area (Å²) in [7, 11) is 0. The maximum absolute atomic E-state index is 2.35. The molecule has 0 atom stereocenters. The Morgan fingerprint density at radius 3 is 2.39 bits per heavy atom. The van der Waals surface area contributed by atoms with Gasteiger partial charge in [0.05, 0.1) is 0 Å². The molecule has 0 saturated heterocycles. The second-order valence-electron chi connectivity index (χ2n) is 7.59. The minimum Gasteiger partial charge on any atom is -0.0981 e. The van der Waals surface area contributed by atoms with Gasteiger partial charge in [0.25, 0.3) is 0 Å². The molecule has 0 N–H and O–H groups in total. The van der Waals surface area contributed by atoms with E-state index in [4.69, 9.17) is 0 Å². The van der Waals surface area contributed by atoms with Gasteiger partial charge in [-0.1, -0.05) is 84.6 Å². The van der Waals surface area contributed by atoms with Crippen LogP contribution in [0.2, 0.25) is 0 Å². The number of hydrogen-bond acceptors (Lipinski definition) is 1. The van der Waals surface area contributed by atoms with E-state index in [1.54, 1.807) is 11.1 Å². The lowest BCUT2D eigenvalue weighted by Gasteiger charge is -2.18. The Balaban J connectivity index is 0.000000145. The molecule has 0 unspecified atom stereocenters. The van der Waals surface area contributed by atoms with Crippen LogP contribution in [0.3, 0.4) is 0 Å². The normalized spacial score (nSPS) is 14.9. The fourth-order valence-corrected chi connectivity index (χ4v) is 5.23. The van der Waals surface area contributed by atoms with Crippen molar-refractivity contribution in [2.75, 3.05) is 0 Å². The lowest BCUT2D eigenvalue weighted by atomic mass is 9.86. The van der Waals surface area contributed by atoms with Crippen LogP contribution in [0.1, 0.15) is 29.5 Å². The fraction of sp³-hybridized carbons (Fsp3) is 0.185. The Morgan fingerprint density at radius 2 is 1.43 bits per heavy atom. The van der Waals surface area contributed by atoms with Gasteiger partial charge in [0.2, 0.25) is 0 Å². The Bertz CT molecular complexity index is 1140. The molecule has 4 aromatic carbocycles. The van der Waals surface area contributed by atoms with E-state index in [2.05, 4.69) is 84.3 Å². The van der Waals surface area contributed by atoms with E-state index in [1.165, 1.54) is 57.7 Å². The largest absolute Gasteiger partial charge is 0.0981 e. The van der Waals surface area contributed by atoms with Crippen molar-refractivity contribution in [3.63, 3.8) is 0 Å². The van der Waals surface area contributed by atoms with Crippen molar-refractivity contribution >= 4 is 33.3 Å². The minimum absolute atomic E-state index is 1.10. The molecule has 1 aliphatic carbocycles. The number of benzene rings is 4. The molecule has 6 rings (SSSR count). The summed E-state index contributed by atoms with van der Waals surface area (Å²) in [5.74, 6) is 0. The van der Waals surface area contributed by atoms with Crippen LogP contribution in [0.25, 0.3) is 21.5 Å². The molecule has 1 heterocycles. The Morgan fingerprint density at radius 1 is 0.607 bits per heavy atom. The standard InChI is InChI=1S/C18H16.C9H8S/c1-3-7-15-13(5-1)9-11-18-16-8-4-2-6-14(16)10-12-17(15)18;1-2-6-9-8(4-1)5-3-7-10-9/h1,3,5,7,9-12H,2,4,6,8H2;1-4,6-7H,5H2. The van der Waals surface area contributed by atoms with Gasteiger partial charge in [0.15, 0.2) is 0 Å². The second kappa shape index (κ2) is 7.85. The van der Waals surface area contributed by atoms with Gasteiger partial charge >= 0.3 is 0 Å². The van der Waals surface area contributed by atoms with E-state index < -0.39 is 0 Å². The van der Waals surface area contributed by atoms with Crippen LogP contribution in [0, 0.1) is 0 Å². The van der Waals surface area contributed by atoms with Gasteiger partial charge in [-0.25, -0.2) is 0 Å². The maximum Gasteiger partial charge on any atom is 0.0151 e. The molecule has 1 heteroatoms. The van der Waals surface area contributed by atoms with E-state index >= 15 is 0 Å². The lowest BCUT2D eigenvalue weighted by molar-refractivity contribution is 0.690. The number of aryl methyl sites for hydroxylation is 2. The summed E-state index contributed by atoms with van der Waals surface area (Å²) >= 11 is 1.81. The topological polar surface area (TPSA) is 0 Å². The van der Waals surface area contributed by atoms with Crippen molar-refractivity contribution in [2.24, 2.45) is 0 Å². The third-order valence-corrected chi connectivity index (χ3v) is 6.84. The van der Waals surface area contributed by atoms with E-state index in [0.717, 1.165) is 6.42 Å². The molecule has 138 valence electrons. The monoisotopic (exact) mass is 380 g/mol. The predicted octanol–water partition coefficient (Wildman–Crippen LogP) is 7.72. The highest BCUT2D eigenvalue weighted by molar-refractivity contribution is 8.02. The zero-order valence-corrected chi connectivity index (χ0v) is 16.8. The number of hydrogen-bond donors (Lipinski definition) is 0. The molecule has 0 saturated carbocycles. The zero-order valence-electron chi connectivity index (χ0n) is 16.0. The maximum atomic E-state index is 2.35. The van der Waals surface area contributed by atoms with E-state index in [0.29, 0.717) is 0 Å². The molecule has 28 heavy (non-hydrogen) atoms. The van der Waals surface area contributed by atoms with Crippen molar-refractivity contribution in [2.45, 2.75) is 37.0 Å². The fourth-order valence-electron chi connectivity index (χ4n) is 4.43. The second-order valence-corrected chi connectivity index (χ2v) is 8.54. The van der Waals surface area contributed by atoms with Gasteiger partial charge in [-0.15, -0.1) is 0 Å². The first-order valence-corrected chi connectivity index (χ1v) is 11.1. The van der Waals surface area contributed by atoms with Crippen molar-refractivity contribution in [3.05, 3.63) is 101 Å². The van der Waals surface area contributed by atoms with Crippen molar-refractivity contribution in [1.82, 2.24) is 0 Å². The molecule has 0 radical (unpaired) electrons. The SMILES string of the molecule is C1=CSc2ccccc2C1.c1ccc2c(c1)ccc1c3c(ccc12)CCCC3. The molecule has 4 aromatic rings. The van der Waals surface area contributed by atoms with Gasteiger partial charge in [-0.2, -0.15) is 0 Å². The summed E-state index contributed by atoms with van der Waals surface area (Å²) in [6.07, 6.45) is 8.52. The molecule has 0 aromatic heterocycles. The average Bonchev–Trinajstić information content (AvgIpc) is 2.79. The zero-order chi connectivity index (χ0) is 18.8. The third-order valence-electron chi connectivity index (χ3n) is 5.86. The first-order chi connectivity index (χ1) is 13.9. The summed E-state index contributed by atoms with van der Waals surface area (Å²) in [6.45, 7) is 0. The van der Waals surface area contributed by atoms with Gasteiger partial charge in [0.1, 0.15) is 0 Å². The Hall–Kier alpha value is -2.51. The van der Waals surface area contributed by atoms with Crippen LogP contribution >= 0.6 is 11.8 Å². The summed E-state index contributed by atoms with van der Waals surface area (Å²) < 4.78 is 0. The molecule has 0 amide bonds. The van der Waals surface area contributed by atoms with Crippen LogP contribution in [0.5, 0.6) is 0 Å². The van der Waals surface area contributed by atoms with Crippen LogP contribution in [-0.2, 0) is 19.3 Å². The average molecular weight is 381 g/mol. The number of thioether (sulfide) groups is 1. The number of fused-ring (bicyclic) bond motifs is 6. The van der Waals surface area contributed by atoms with E-state index in [9.17, 15) is 0 Å². The summed E-state index contributed by atoms with van der Waals surface area (Å²) in [4.78, 5) is 1.41. The highest BCUT2D eigenvalue weighted by atomic mass is 32.2. The van der Waals surface area contributed by atoms with E-state index in [1.807, 2.05) is 11.8 Å². The van der Waals surface area contributed by atoms with Gasteiger partial charge < -0.3 is 0 Å². The molecular formula is C27H24S. The Labute approximate surface area is 171 Å². The lowest BCUT2D eigenvalue weighted by Crippen LogP contribution is -2.02. The first-order valence-electron chi connectivity index (χ1n) is 10.2. The molecule has 0 bridgehead atoms. The molecule has 0 nitrogen and oxygen atoms in total. The Kier molecular flexibility index (Phi) is 4.93. The first kappa shape index (κ1) is 17.6. The van der Waals surface area contributed by atoms with Crippen LogP contribution in [0.4, 0.5) is 0 Å². The predicted molar refractivity (Wildman–Crippen MR) is 123 cm³/mol. The number of allylic oxidation sites excluding steroid dienone is 1. The highest BCUT2D eigenvalue weighted by Crippen LogP contribution is 2.33. The minimum atomic E-state index is 1.10. The summed E-state index contributed by atoms with van der Waals surface area (Å²) in [5, 5.41) is 7.80. The quantitative estimate of drug-likeness (QED) is 0.281. The van der Waals surface area contributed by atoms with Crippen LogP contribution < -0.4 is 0 Å². The van der Waals surface area contributed by atoms with Crippen molar-refractivity contribution < 1.29 is 0 Å². The molecule has 0 fully saturated rings. The molecule has 2 aliphatic rings. The van der Waals surface area contributed by atoms with Crippen molar-refractivity contribution in [3.8, 4) is 0 Å². The van der Waals surface area contributed by atoms with Crippen LogP contribution in [-0.4, -0.2) is 0 Å². The van der Waals surface area contributed by atoms with Gasteiger partial charge in [-0.3, -0.25) is 0 Å². The number of rotatable bonds is 0. The summed E-state index contributed by atoms with van der Waals surface area (Å²) in [6, 6.07) is 26.5. The summed E-state index contributed by atoms with van der Waals surface area (Å²) in [5.41, 5.74) is 4.63. The highest BCUT2D eigenvalue weighted by Gasteiger charge is 2.13. The van der Waals surface area contributed by atoms with Crippen molar-refractivity contribution in [1.29, 1.82) is 0 Å². The third kappa shape index (κ3) is 3.36. The molecular weight excluding hydrogens is 356 g/mol.